The molecule has 1 saturated carbocycles. The Labute approximate surface area is 234 Å². The van der Waals surface area contributed by atoms with Crippen LogP contribution < -0.4 is 16.2 Å². The van der Waals surface area contributed by atoms with Gasteiger partial charge >= 0.3 is 0 Å². The number of ether oxygens (including phenoxy) is 1. The van der Waals surface area contributed by atoms with Crippen LogP contribution in [0.15, 0.2) is 41.2 Å². The van der Waals surface area contributed by atoms with Crippen LogP contribution in [0.2, 0.25) is 0 Å². The van der Waals surface area contributed by atoms with E-state index in [1.807, 2.05) is 32.0 Å². The minimum atomic E-state index is -0.347. The number of hydrogen-bond donors (Lipinski definition) is 4. The lowest BCUT2D eigenvalue weighted by molar-refractivity contribution is 0.0342. The van der Waals surface area contributed by atoms with Gasteiger partial charge in [0.2, 0.25) is 0 Å². The second-order valence-corrected chi connectivity index (χ2v) is 10.8. The standard InChI is InChI=1S/C31H38N6O3/c1-20-15-21(2)34-31(39)27(20)18-33-30(38)25-16-28(36-29(26(25)17-32)35-24-5-3-4-6-24)23-9-7-22(8-10-23)19-37-11-13-40-14-12-37/h7-10,15-17,24,32H,3-6,11-14,18-19H2,1-2H3,(H,33,38)(H,34,39)(H,35,36). The highest BCUT2D eigenvalue weighted by Crippen LogP contribution is 2.29. The first-order chi connectivity index (χ1) is 19.4. The fourth-order valence-electron chi connectivity index (χ4n) is 5.57. The number of anilines is 1. The number of morpholine rings is 1. The van der Waals surface area contributed by atoms with Gasteiger partial charge in [0.15, 0.2) is 0 Å². The van der Waals surface area contributed by atoms with Gasteiger partial charge < -0.3 is 25.8 Å². The molecule has 9 heteroatoms. The Morgan fingerprint density at radius 3 is 2.55 bits per heavy atom. The molecule has 0 bridgehead atoms. The van der Waals surface area contributed by atoms with Crippen LogP contribution in [-0.4, -0.2) is 59.3 Å². The van der Waals surface area contributed by atoms with Gasteiger partial charge in [0.05, 0.1) is 24.5 Å². The number of nitrogens with one attached hydrogen (secondary N) is 4. The summed E-state index contributed by atoms with van der Waals surface area (Å²) in [5.74, 6) is 0.200. The number of carbonyl (C=O) groups excluding carboxylic acids is 1. The Kier molecular flexibility index (Phi) is 8.72. The van der Waals surface area contributed by atoms with Gasteiger partial charge in [-0.15, -0.1) is 0 Å². The van der Waals surface area contributed by atoms with E-state index in [9.17, 15) is 9.59 Å². The number of carbonyl (C=O) groups is 1. The van der Waals surface area contributed by atoms with E-state index in [-0.39, 0.29) is 24.1 Å². The lowest BCUT2D eigenvalue weighted by Crippen LogP contribution is -2.35. The third kappa shape index (κ3) is 6.48. The van der Waals surface area contributed by atoms with E-state index in [1.54, 1.807) is 6.07 Å². The first kappa shape index (κ1) is 27.7. The zero-order valence-corrected chi connectivity index (χ0v) is 23.3. The van der Waals surface area contributed by atoms with Crippen LogP contribution >= 0.6 is 0 Å². The molecular weight excluding hydrogens is 504 g/mol. The average Bonchev–Trinajstić information content (AvgIpc) is 3.46. The van der Waals surface area contributed by atoms with E-state index in [4.69, 9.17) is 15.1 Å². The van der Waals surface area contributed by atoms with Crippen molar-refractivity contribution in [2.24, 2.45) is 0 Å². The van der Waals surface area contributed by atoms with Crippen LogP contribution in [0.25, 0.3) is 11.3 Å². The fraction of sp³-hybridized carbons (Fsp3) is 0.419. The molecule has 4 N–H and O–H groups in total. The van der Waals surface area contributed by atoms with E-state index < -0.39 is 0 Å². The van der Waals surface area contributed by atoms with Gasteiger partial charge in [0, 0.05) is 60.8 Å². The molecule has 1 aromatic carbocycles. The van der Waals surface area contributed by atoms with E-state index in [1.165, 1.54) is 11.8 Å². The maximum absolute atomic E-state index is 13.5. The highest BCUT2D eigenvalue weighted by molar-refractivity contribution is 6.05. The maximum atomic E-state index is 13.5. The van der Waals surface area contributed by atoms with Crippen molar-refractivity contribution >= 4 is 17.9 Å². The minimum absolute atomic E-state index is 0.0942. The van der Waals surface area contributed by atoms with Gasteiger partial charge in [-0.3, -0.25) is 14.5 Å². The summed E-state index contributed by atoms with van der Waals surface area (Å²) in [6, 6.07) is 12.2. The molecule has 0 radical (unpaired) electrons. The number of hydrogen-bond acceptors (Lipinski definition) is 7. The number of rotatable bonds is 9. The van der Waals surface area contributed by atoms with Crippen LogP contribution in [0.5, 0.6) is 0 Å². The minimum Gasteiger partial charge on any atom is -0.379 e. The fourth-order valence-corrected chi connectivity index (χ4v) is 5.57. The largest absolute Gasteiger partial charge is 0.379 e. The summed E-state index contributed by atoms with van der Waals surface area (Å²) >= 11 is 0. The zero-order chi connectivity index (χ0) is 28.1. The topological polar surface area (TPSA) is 123 Å². The molecule has 0 unspecified atom stereocenters. The zero-order valence-electron chi connectivity index (χ0n) is 23.3. The number of aromatic nitrogens is 2. The third-order valence-electron chi connectivity index (χ3n) is 7.82. The summed E-state index contributed by atoms with van der Waals surface area (Å²) < 4.78 is 5.46. The second kappa shape index (κ2) is 12.6. The van der Waals surface area contributed by atoms with Crippen LogP contribution in [0.4, 0.5) is 5.82 Å². The molecule has 2 aromatic heterocycles. The summed E-state index contributed by atoms with van der Waals surface area (Å²) in [5.41, 5.74) is 5.50. The molecule has 9 nitrogen and oxygen atoms in total. The predicted octanol–water partition coefficient (Wildman–Crippen LogP) is 4.17. The number of H-pyrrole nitrogens is 1. The van der Waals surface area contributed by atoms with Gasteiger partial charge in [-0.05, 0) is 49.9 Å². The van der Waals surface area contributed by atoms with Crippen molar-refractivity contribution in [2.75, 3.05) is 31.6 Å². The summed E-state index contributed by atoms with van der Waals surface area (Å²) in [7, 11) is 0. The molecule has 1 aliphatic heterocycles. The van der Waals surface area contributed by atoms with Crippen molar-refractivity contribution in [3.05, 3.63) is 80.3 Å². The lowest BCUT2D eigenvalue weighted by Gasteiger charge is -2.26. The van der Waals surface area contributed by atoms with Gasteiger partial charge in [0.25, 0.3) is 11.5 Å². The molecule has 1 amide bonds. The summed E-state index contributed by atoms with van der Waals surface area (Å²) in [5, 5.41) is 14.6. The van der Waals surface area contributed by atoms with Crippen LogP contribution in [0.3, 0.4) is 0 Å². The third-order valence-corrected chi connectivity index (χ3v) is 7.82. The molecule has 2 fully saturated rings. The van der Waals surface area contributed by atoms with E-state index in [0.717, 1.165) is 75.4 Å². The predicted molar refractivity (Wildman–Crippen MR) is 157 cm³/mol. The van der Waals surface area contributed by atoms with Crippen molar-refractivity contribution in [1.29, 1.82) is 5.41 Å². The van der Waals surface area contributed by atoms with E-state index >= 15 is 0 Å². The van der Waals surface area contributed by atoms with Crippen LogP contribution in [-0.2, 0) is 17.8 Å². The average molecular weight is 543 g/mol. The highest BCUT2D eigenvalue weighted by atomic mass is 16.5. The first-order valence-corrected chi connectivity index (χ1v) is 14.1. The number of nitrogens with zero attached hydrogens (tertiary/aromatic N) is 2. The molecule has 210 valence electrons. The Morgan fingerprint density at radius 1 is 1.15 bits per heavy atom. The Balaban J connectivity index is 1.44. The number of aromatic amines is 1. The summed E-state index contributed by atoms with van der Waals surface area (Å²) in [6.07, 6.45) is 5.57. The highest BCUT2D eigenvalue weighted by Gasteiger charge is 2.22. The molecule has 0 spiro atoms. The lowest BCUT2D eigenvalue weighted by atomic mass is 10.0. The van der Waals surface area contributed by atoms with Crippen molar-refractivity contribution in [3.8, 4) is 11.3 Å². The van der Waals surface area contributed by atoms with Gasteiger partial charge in [0.1, 0.15) is 5.82 Å². The molecule has 1 aliphatic carbocycles. The van der Waals surface area contributed by atoms with Gasteiger partial charge in [-0.25, -0.2) is 4.98 Å². The normalized spacial score (nSPS) is 16.1. The molecule has 2 aliphatic rings. The summed E-state index contributed by atoms with van der Waals surface area (Å²) in [6.45, 7) is 8.04. The summed E-state index contributed by atoms with van der Waals surface area (Å²) in [4.78, 5) is 36.1. The van der Waals surface area contributed by atoms with E-state index in [0.29, 0.717) is 28.2 Å². The van der Waals surface area contributed by atoms with Crippen LogP contribution in [0, 0.1) is 19.3 Å². The van der Waals surface area contributed by atoms with Crippen molar-refractivity contribution in [1.82, 2.24) is 20.2 Å². The molecule has 3 aromatic rings. The molecule has 40 heavy (non-hydrogen) atoms. The Morgan fingerprint density at radius 2 is 1.88 bits per heavy atom. The monoisotopic (exact) mass is 542 g/mol. The Hall–Kier alpha value is -3.82. The maximum Gasteiger partial charge on any atom is 0.253 e. The van der Waals surface area contributed by atoms with Crippen molar-refractivity contribution in [2.45, 2.75) is 58.7 Å². The van der Waals surface area contributed by atoms with Crippen molar-refractivity contribution < 1.29 is 9.53 Å². The molecular formula is C31H38N6O3. The second-order valence-electron chi connectivity index (χ2n) is 10.8. The molecule has 1 saturated heterocycles. The van der Waals surface area contributed by atoms with Crippen LogP contribution in [0.1, 0.15) is 64.0 Å². The first-order valence-electron chi connectivity index (χ1n) is 14.1. The smallest absolute Gasteiger partial charge is 0.253 e. The molecule has 5 rings (SSSR count). The van der Waals surface area contributed by atoms with E-state index in [2.05, 4.69) is 32.7 Å². The van der Waals surface area contributed by atoms with Gasteiger partial charge in [-0.1, -0.05) is 37.1 Å². The number of pyridine rings is 2. The molecule has 3 heterocycles. The number of aryl methyl sites for hydroxylation is 2. The quantitative estimate of drug-likeness (QED) is 0.301. The number of benzene rings is 1. The Bertz CT molecular complexity index is 1420. The molecule has 0 atom stereocenters. The number of amides is 1. The van der Waals surface area contributed by atoms with Crippen molar-refractivity contribution in [3.63, 3.8) is 0 Å². The van der Waals surface area contributed by atoms with Gasteiger partial charge in [-0.2, -0.15) is 0 Å². The SMILES string of the molecule is Cc1cc(C)c(CNC(=O)c2cc(-c3ccc(CN4CCOCC4)cc3)nc(NC3CCCC3)c2C=N)c(=O)[nH]1.